The lowest BCUT2D eigenvalue weighted by atomic mass is 9.65. The molecule has 0 spiro atoms. The third kappa shape index (κ3) is 12.6. The molecule has 0 N–H and O–H groups in total. The van der Waals surface area contributed by atoms with Crippen molar-refractivity contribution in [1.29, 1.82) is 42.1 Å². The summed E-state index contributed by atoms with van der Waals surface area (Å²) >= 11 is 9.07. The van der Waals surface area contributed by atoms with Crippen LogP contribution in [0, 0.1) is 114 Å². The van der Waals surface area contributed by atoms with Crippen molar-refractivity contribution in [3.8, 4) is 88.9 Å². The van der Waals surface area contributed by atoms with Crippen LogP contribution in [0.1, 0.15) is 263 Å². The van der Waals surface area contributed by atoms with Gasteiger partial charge in [0.2, 0.25) is 0 Å². The van der Waals surface area contributed by atoms with Crippen molar-refractivity contribution < 1.29 is 9.59 Å². The van der Waals surface area contributed by atoms with Gasteiger partial charge in [-0.15, -0.1) is 45.3 Å². The Balaban J connectivity index is 1.00. The van der Waals surface area contributed by atoms with Crippen LogP contribution in [-0.4, -0.2) is 20.3 Å². The highest BCUT2D eigenvalue weighted by molar-refractivity contribution is 7.58. The van der Waals surface area contributed by atoms with Gasteiger partial charge in [0.15, 0.2) is 11.6 Å². The topological polar surface area (TPSA) is 275 Å². The first-order valence-electron chi connectivity index (χ1n) is 36.7. The molecular formula is C85H76N12O2S6. The van der Waals surface area contributed by atoms with Crippen molar-refractivity contribution in [2.24, 2.45) is 32.4 Å². The number of benzene rings is 3. The number of thiophene rings is 4. The lowest BCUT2D eigenvalue weighted by Crippen LogP contribution is -2.31. The van der Waals surface area contributed by atoms with Crippen LogP contribution < -0.4 is 0 Å². The van der Waals surface area contributed by atoms with Crippen molar-refractivity contribution >= 4 is 126 Å². The maximum absolute atomic E-state index is 14.8. The molecule has 14 nitrogen and oxygen atoms in total. The Morgan fingerprint density at radius 2 is 0.790 bits per heavy atom. The van der Waals surface area contributed by atoms with Crippen LogP contribution in [0.4, 0.5) is 11.4 Å². The number of carbonyl (C=O) groups excluding carboxylic acids is 2. The number of aromatic nitrogens is 2. The third-order valence-corrected chi connectivity index (χ3v) is 28.4. The van der Waals surface area contributed by atoms with Gasteiger partial charge in [-0.2, -0.15) is 59.6 Å². The number of carbonyl (C=O) groups is 2. The minimum absolute atomic E-state index is 0.0438. The first-order chi connectivity index (χ1) is 51.1. The van der Waals surface area contributed by atoms with Gasteiger partial charge in [-0.05, 0) is 143 Å². The Kier molecular flexibility index (Phi) is 21.6. The van der Waals surface area contributed by atoms with Gasteiger partial charge in [0.25, 0.3) is 0 Å². The SMILES string of the molecule is CCCCC(C)CC1(CC(CC)CCCC)c2cc(/C=C3\C(=O)c4cc(C#N)c(C#N)cc4C3=C(C#N)C#N)sc2-c2sc(-c3c4c(c(-c5cc6c(s5)-c5sc(/C=C7\C(=O)c8cc(C#N)c(C#N)cc8C7=C(C#N)C#N)cc5C6(CC(CC)CCCC)CC(CC)CCCC)c5nsnc35)N=S=N4)cc21. The molecule has 5 aliphatic rings. The summed E-state index contributed by atoms with van der Waals surface area (Å²) in [4.78, 5) is 37.7. The van der Waals surface area contributed by atoms with E-state index in [1.807, 2.05) is 36.4 Å². The number of Topliss-reactive ketones (excluding diaryl/α,β-unsaturated/α-hetero) is 2. The molecule has 5 unspecified atom stereocenters. The standard InChI is InChI=1S/C85H76N12O2S6/c1-9-16-20-46(8)34-84(35-47(13-5)21-17-10-2)64-30-56(28-62-70(54(42-90)43-91)58-24-50(38-86)52(40-88)26-60(58)78(62)98)100-80(64)82-66(84)32-68(102-82)72-74-76(96-104-94-74)73(77-75(72)95-105-97-77)69-33-67-83(103-69)81-65(85(67,36-48(14-6)22-18-11-3)37-49(15-7)23-19-12-4)31-57(101-81)29-63-71(55(44-92)45-93)59-25-51(39-87)53(41-89)27-61(59)79(63)99/h24-33,46-49H,9-23,34-37H2,1-8H3/b62-28-,63-29-. The Hall–Kier alpha value is -9.68. The van der Waals surface area contributed by atoms with Crippen molar-refractivity contribution in [2.75, 3.05) is 0 Å². The minimum Gasteiger partial charge on any atom is -0.289 e. The second-order valence-corrected chi connectivity index (χ2v) is 34.0. The molecule has 20 heteroatoms. The number of allylic oxidation sites excluding steroid dienone is 6. The number of unbranched alkanes of at least 4 members (excludes halogenated alkanes) is 4. The molecule has 13 rings (SSSR count). The molecule has 0 saturated heterocycles. The van der Waals surface area contributed by atoms with E-state index in [9.17, 15) is 51.7 Å². The Labute approximate surface area is 638 Å². The van der Waals surface area contributed by atoms with Gasteiger partial charge in [-0.3, -0.25) is 9.59 Å². The molecule has 5 atom stereocenters. The molecule has 0 bridgehead atoms. The van der Waals surface area contributed by atoms with E-state index in [2.05, 4.69) is 104 Å². The lowest BCUT2D eigenvalue weighted by molar-refractivity contribution is 0.103. The fraction of sp³-hybridized carbons (Fsp3) is 0.388. The molecular weight excluding hydrogens is 1410 g/mol. The van der Waals surface area contributed by atoms with Gasteiger partial charge in [0.05, 0.1) is 45.3 Å². The molecule has 1 aliphatic heterocycles. The molecule has 8 aromatic rings. The van der Waals surface area contributed by atoms with Crippen molar-refractivity contribution in [1.82, 2.24) is 8.75 Å². The maximum atomic E-state index is 14.8. The van der Waals surface area contributed by atoms with Crippen LogP contribution >= 0.6 is 57.1 Å². The van der Waals surface area contributed by atoms with Gasteiger partial charge >= 0.3 is 0 Å². The molecule has 6 heterocycles. The van der Waals surface area contributed by atoms with Crippen LogP contribution in [0.3, 0.4) is 0 Å². The number of hydrogen-bond acceptors (Lipinski definition) is 19. The van der Waals surface area contributed by atoms with Crippen LogP contribution in [0.25, 0.3) is 74.7 Å². The van der Waals surface area contributed by atoms with Crippen LogP contribution in [0.15, 0.2) is 79.5 Å². The molecule has 3 aromatic carbocycles. The van der Waals surface area contributed by atoms with Gasteiger partial charge < -0.3 is 0 Å². The van der Waals surface area contributed by atoms with E-state index < -0.39 is 22.4 Å². The van der Waals surface area contributed by atoms with Crippen molar-refractivity contribution in [2.45, 2.75) is 188 Å². The zero-order chi connectivity index (χ0) is 74.2. The predicted octanol–water partition coefficient (Wildman–Crippen LogP) is 24.2. The Morgan fingerprint density at radius 3 is 1.14 bits per heavy atom. The van der Waals surface area contributed by atoms with E-state index in [1.165, 1.54) is 69.6 Å². The number of nitrogens with zero attached hydrogens (tertiary/aromatic N) is 12. The summed E-state index contributed by atoms with van der Waals surface area (Å²) < 4.78 is 21.0. The first kappa shape index (κ1) is 73.6. The molecule has 105 heavy (non-hydrogen) atoms. The van der Waals surface area contributed by atoms with Crippen molar-refractivity contribution in [3.05, 3.63) is 147 Å². The Bertz CT molecular complexity index is 5500. The molecule has 0 radical (unpaired) electrons. The van der Waals surface area contributed by atoms with Gasteiger partial charge in [-0.1, -0.05) is 152 Å². The zero-order valence-electron chi connectivity index (χ0n) is 60.2. The quantitative estimate of drug-likeness (QED) is 0.0343. The third-order valence-electron chi connectivity index (χ3n) is 22.5. The van der Waals surface area contributed by atoms with E-state index in [-0.39, 0.29) is 66.8 Å². The molecule has 4 aliphatic carbocycles. The number of nitriles is 8. The summed E-state index contributed by atoms with van der Waals surface area (Å²) in [6, 6.07) is 31.5. The van der Waals surface area contributed by atoms with Crippen LogP contribution in [0.2, 0.25) is 0 Å². The van der Waals surface area contributed by atoms with Gasteiger partial charge in [-0.25, -0.2) is 0 Å². The smallest absolute Gasteiger partial charge is 0.194 e. The van der Waals surface area contributed by atoms with E-state index >= 15 is 0 Å². The average molecular weight is 1490 g/mol. The average Bonchev–Trinajstić information content (AvgIpc) is 1.54. The summed E-state index contributed by atoms with van der Waals surface area (Å²) in [6.45, 7) is 18.3. The zero-order valence-corrected chi connectivity index (χ0v) is 65.0. The second kappa shape index (κ2) is 30.8. The van der Waals surface area contributed by atoms with Crippen LogP contribution in [0.5, 0.6) is 0 Å². The summed E-state index contributed by atoms with van der Waals surface area (Å²) in [7, 11) is 0. The summed E-state index contributed by atoms with van der Waals surface area (Å²) in [5.74, 6) is 0.700. The second-order valence-electron chi connectivity index (χ2n) is 28.7. The van der Waals surface area contributed by atoms with E-state index in [4.69, 9.17) is 17.5 Å². The van der Waals surface area contributed by atoms with E-state index in [1.54, 1.807) is 45.3 Å². The van der Waals surface area contributed by atoms with Gasteiger partial charge in [0, 0.05) is 94.4 Å². The molecule has 0 fully saturated rings. The largest absolute Gasteiger partial charge is 0.289 e. The monoisotopic (exact) mass is 1490 g/mol. The highest BCUT2D eigenvalue weighted by Crippen LogP contribution is 2.67. The van der Waals surface area contributed by atoms with Crippen LogP contribution in [-0.2, 0) is 22.2 Å². The number of ketones is 2. The summed E-state index contributed by atoms with van der Waals surface area (Å²) in [5.41, 5.74) is 10.2. The molecule has 0 amide bonds. The van der Waals surface area contributed by atoms with E-state index in [0.29, 0.717) is 34.8 Å². The Morgan fingerprint density at radius 1 is 0.448 bits per heavy atom. The normalized spacial score (nSPS) is 18.0. The summed E-state index contributed by atoms with van der Waals surface area (Å²) in [5, 5.41) is 82.2. The number of rotatable bonds is 27. The maximum Gasteiger partial charge on any atom is 0.194 e. The van der Waals surface area contributed by atoms with E-state index in [0.717, 1.165) is 195 Å². The first-order valence-corrected chi connectivity index (χ1v) is 41.4. The van der Waals surface area contributed by atoms with Crippen molar-refractivity contribution in [3.63, 3.8) is 0 Å². The predicted molar refractivity (Wildman–Crippen MR) is 423 cm³/mol. The fourth-order valence-corrected chi connectivity index (χ4v) is 23.7. The number of fused-ring (bicyclic) bond motifs is 10. The lowest BCUT2D eigenvalue weighted by Gasteiger charge is -2.37. The summed E-state index contributed by atoms with van der Waals surface area (Å²) in [6.07, 6.45) is 23.3. The fourth-order valence-electron chi connectivity index (χ4n) is 17.2. The molecule has 5 aromatic heterocycles. The number of hydrogen-bond donors (Lipinski definition) is 0. The highest BCUT2D eigenvalue weighted by atomic mass is 32.1. The highest BCUT2D eigenvalue weighted by Gasteiger charge is 2.51. The van der Waals surface area contributed by atoms with Gasteiger partial charge in [0.1, 0.15) is 82.1 Å². The molecule has 0 saturated carbocycles. The molecule has 524 valence electrons. The minimum atomic E-state index is -0.444.